The molecule has 0 aliphatic carbocycles. The Morgan fingerprint density at radius 1 is 1.40 bits per heavy atom. The van der Waals surface area contributed by atoms with Crippen molar-refractivity contribution in [2.45, 2.75) is 37.8 Å². The van der Waals surface area contributed by atoms with Crippen LogP contribution in [0.3, 0.4) is 0 Å². The van der Waals surface area contributed by atoms with Gasteiger partial charge in [0.15, 0.2) is 0 Å². The first-order chi connectivity index (χ1) is 9.25. The molecule has 0 aromatic carbocycles. The largest absolute Gasteiger partial charge is 0.330 e. The van der Waals surface area contributed by atoms with Crippen molar-refractivity contribution in [2.24, 2.45) is 17.1 Å². The van der Waals surface area contributed by atoms with E-state index in [2.05, 4.69) is 20.8 Å². The topological polar surface area (TPSA) is 63.4 Å². The predicted molar refractivity (Wildman–Crippen MR) is 83.4 cm³/mol. The van der Waals surface area contributed by atoms with Crippen molar-refractivity contribution in [1.82, 2.24) is 4.31 Å². The molecule has 0 amide bonds. The SMILES string of the molecule is CC(C)(C)C1CCN(S(=O)(=O)c2ccc(CCN)s2)C1. The van der Waals surface area contributed by atoms with Gasteiger partial charge in [0, 0.05) is 18.0 Å². The zero-order valence-corrected chi connectivity index (χ0v) is 14.1. The summed E-state index contributed by atoms with van der Waals surface area (Å²) in [6.45, 7) is 8.36. The Kier molecular flexibility index (Phi) is 4.59. The summed E-state index contributed by atoms with van der Waals surface area (Å²) in [6.07, 6.45) is 1.69. The van der Waals surface area contributed by atoms with Gasteiger partial charge in [0.05, 0.1) is 0 Å². The van der Waals surface area contributed by atoms with Crippen LogP contribution in [0, 0.1) is 11.3 Å². The van der Waals surface area contributed by atoms with Crippen LogP contribution < -0.4 is 5.73 Å². The Hall–Kier alpha value is -0.430. The highest BCUT2D eigenvalue weighted by molar-refractivity contribution is 7.91. The van der Waals surface area contributed by atoms with Gasteiger partial charge in [-0.1, -0.05) is 20.8 Å². The highest BCUT2D eigenvalue weighted by atomic mass is 32.2. The van der Waals surface area contributed by atoms with Crippen LogP contribution in [0.4, 0.5) is 0 Å². The van der Waals surface area contributed by atoms with Crippen molar-refractivity contribution in [3.05, 3.63) is 17.0 Å². The van der Waals surface area contributed by atoms with Crippen LogP contribution in [0.5, 0.6) is 0 Å². The number of hydrogen-bond acceptors (Lipinski definition) is 4. The monoisotopic (exact) mass is 316 g/mol. The fourth-order valence-corrected chi connectivity index (χ4v) is 5.58. The standard InChI is InChI=1S/C14H24N2O2S2/c1-14(2,3)11-7-9-16(10-11)20(17,18)13-5-4-12(19-13)6-8-15/h4-5,11H,6-10,15H2,1-3H3. The van der Waals surface area contributed by atoms with E-state index in [-0.39, 0.29) is 5.41 Å². The molecule has 0 radical (unpaired) electrons. The van der Waals surface area contributed by atoms with Crippen LogP contribution in [0.2, 0.25) is 0 Å². The summed E-state index contributed by atoms with van der Waals surface area (Å²) in [5.41, 5.74) is 5.67. The van der Waals surface area contributed by atoms with Crippen LogP contribution in [0.1, 0.15) is 32.1 Å². The maximum absolute atomic E-state index is 12.6. The summed E-state index contributed by atoms with van der Waals surface area (Å²) in [7, 11) is -3.32. The van der Waals surface area contributed by atoms with Gasteiger partial charge in [0.25, 0.3) is 10.0 Å². The van der Waals surface area contributed by atoms with Crippen molar-refractivity contribution < 1.29 is 8.42 Å². The summed E-state index contributed by atoms with van der Waals surface area (Å²) in [5.74, 6) is 0.431. The minimum Gasteiger partial charge on any atom is -0.330 e. The number of hydrogen-bond donors (Lipinski definition) is 1. The van der Waals surface area contributed by atoms with Crippen LogP contribution in [0.15, 0.2) is 16.3 Å². The number of nitrogens with two attached hydrogens (primary N) is 1. The number of thiophene rings is 1. The van der Waals surface area contributed by atoms with E-state index in [1.807, 2.05) is 6.07 Å². The molecule has 0 saturated carbocycles. The lowest BCUT2D eigenvalue weighted by molar-refractivity contribution is 0.252. The zero-order valence-electron chi connectivity index (χ0n) is 12.4. The molecule has 1 aliphatic rings. The van der Waals surface area contributed by atoms with Crippen molar-refractivity contribution in [3.8, 4) is 0 Å². The van der Waals surface area contributed by atoms with Gasteiger partial charge in [-0.2, -0.15) is 4.31 Å². The lowest BCUT2D eigenvalue weighted by atomic mass is 9.80. The van der Waals surface area contributed by atoms with Gasteiger partial charge >= 0.3 is 0 Å². The lowest BCUT2D eigenvalue weighted by Gasteiger charge is -2.26. The Morgan fingerprint density at radius 2 is 2.10 bits per heavy atom. The molecule has 20 heavy (non-hydrogen) atoms. The summed E-state index contributed by atoms with van der Waals surface area (Å²) in [4.78, 5) is 1.04. The van der Waals surface area contributed by atoms with E-state index in [9.17, 15) is 8.42 Å². The fraction of sp³-hybridized carbons (Fsp3) is 0.714. The number of sulfonamides is 1. The molecular formula is C14H24N2O2S2. The van der Waals surface area contributed by atoms with Crippen LogP contribution >= 0.6 is 11.3 Å². The molecule has 1 aliphatic heterocycles. The third-order valence-corrected chi connectivity index (χ3v) is 7.48. The molecule has 2 N–H and O–H groups in total. The van der Waals surface area contributed by atoms with Gasteiger partial charge in [-0.15, -0.1) is 11.3 Å². The van der Waals surface area contributed by atoms with Crippen LogP contribution in [0.25, 0.3) is 0 Å². The van der Waals surface area contributed by atoms with Gasteiger partial charge in [-0.25, -0.2) is 8.42 Å². The molecule has 1 atom stereocenters. The molecule has 0 spiro atoms. The van der Waals surface area contributed by atoms with E-state index >= 15 is 0 Å². The maximum atomic E-state index is 12.6. The van der Waals surface area contributed by atoms with Crippen molar-refractivity contribution >= 4 is 21.4 Å². The Morgan fingerprint density at radius 3 is 2.65 bits per heavy atom. The molecule has 1 fully saturated rings. The average molecular weight is 316 g/mol. The van der Waals surface area contributed by atoms with Gasteiger partial charge < -0.3 is 5.73 Å². The first kappa shape index (κ1) is 15.9. The minimum atomic E-state index is -3.32. The molecular weight excluding hydrogens is 292 g/mol. The van der Waals surface area contributed by atoms with Crippen LogP contribution in [-0.4, -0.2) is 32.4 Å². The molecule has 1 saturated heterocycles. The predicted octanol–water partition coefficient (Wildman–Crippen LogP) is 2.31. The normalized spacial score (nSPS) is 21.5. The fourth-order valence-electron chi connectivity index (χ4n) is 2.55. The first-order valence-corrected chi connectivity index (χ1v) is 9.29. The lowest BCUT2D eigenvalue weighted by Crippen LogP contribution is -2.30. The molecule has 114 valence electrons. The highest BCUT2D eigenvalue weighted by Gasteiger charge is 2.38. The van der Waals surface area contributed by atoms with E-state index in [0.29, 0.717) is 29.8 Å². The summed E-state index contributed by atoms with van der Waals surface area (Å²) < 4.78 is 27.4. The van der Waals surface area contributed by atoms with Gasteiger partial charge in [0.2, 0.25) is 0 Å². The first-order valence-electron chi connectivity index (χ1n) is 7.04. The van der Waals surface area contributed by atoms with E-state index in [4.69, 9.17) is 5.73 Å². The second-order valence-corrected chi connectivity index (χ2v) is 9.81. The average Bonchev–Trinajstić information content (AvgIpc) is 2.97. The second-order valence-electron chi connectivity index (χ2n) is 6.47. The summed E-state index contributed by atoms with van der Waals surface area (Å²) >= 11 is 1.35. The van der Waals surface area contributed by atoms with Gasteiger partial charge in [0.1, 0.15) is 4.21 Å². The molecule has 2 heterocycles. The molecule has 4 nitrogen and oxygen atoms in total. The summed E-state index contributed by atoms with van der Waals surface area (Å²) in [5, 5.41) is 0. The van der Waals surface area contributed by atoms with Crippen LogP contribution in [-0.2, 0) is 16.4 Å². The smallest absolute Gasteiger partial charge is 0.252 e. The van der Waals surface area contributed by atoms with Gasteiger partial charge in [-0.3, -0.25) is 0 Å². The molecule has 1 aromatic rings. The summed E-state index contributed by atoms with van der Waals surface area (Å²) in [6, 6.07) is 3.59. The zero-order chi connectivity index (χ0) is 15.0. The van der Waals surface area contributed by atoms with E-state index in [1.54, 1.807) is 10.4 Å². The number of nitrogens with zero attached hydrogens (tertiary/aromatic N) is 1. The van der Waals surface area contributed by atoms with Crippen molar-refractivity contribution in [1.29, 1.82) is 0 Å². The van der Waals surface area contributed by atoms with Crippen molar-refractivity contribution in [2.75, 3.05) is 19.6 Å². The Balaban J connectivity index is 2.15. The molecule has 0 bridgehead atoms. The van der Waals surface area contributed by atoms with E-state index < -0.39 is 10.0 Å². The third-order valence-electron chi connectivity index (χ3n) is 4.00. The minimum absolute atomic E-state index is 0.157. The van der Waals surface area contributed by atoms with E-state index in [0.717, 1.165) is 17.7 Å². The molecule has 2 rings (SSSR count). The Bertz CT molecular complexity index is 558. The van der Waals surface area contributed by atoms with Crippen molar-refractivity contribution in [3.63, 3.8) is 0 Å². The number of rotatable bonds is 4. The van der Waals surface area contributed by atoms with Gasteiger partial charge in [-0.05, 0) is 42.9 Å². The Labute approximate surface area is 126 Å². The molecule has 1 aromatic heterocycles. The maximum Gasteiger partial charge on any atom is 0.252 e. The third kappa shape index (κ3) is 3.24. The molecule has 6 heteroatoms. The molecule has 1 unspecified atom stereocenters. The quantitative estimate of drug-likeness (QED) is 0.927. The highest BCUT2D eigenvalue weighted by Crippen LogP contribution is 2.36. The van der Waals surface area contributed by atoms with E-state index in [1.165, 1.54) is 11.3 Å². The second kappa shape index (κ2) is 5.75.